The molecule has 1 amide bonds. The van der Waals surface area contributed by atoms with E-state index in [-0.39, 0.29) is 24.2 Å². The first-order valence-electron chi connectivity index (χ1n) is 7.80. The van der Waals surface area contributed by atoms with E-state index in [9.17, 15) is 13.6 Å². The quantitative estimate of drug-likeness (QED) is 0.655. The van der Waals surface area contributed by atoms with Gasteiger partial charge in [0.25, 0.3) is 0 Å². The van der Waals surface area contributed by atoms with Crippen molar-refractivity contribution in [3.05, 3.63) is 52.5 Å². The highest BCUT2D eigenvalue weighted by molar-refractivity contribution is 9.10. The summed E-state index contributed by atoms with van der Waals surface area (Å²) in [6, 6.07) is 11.4. The second-order valence-electron chi connectivity index (χ2n) is 5.45. The van der Waals surface area contributed by atoms with Gasteiger partial charge in [-0.1, -0.05) is 6.07 Å². The topological polar surface area (TPSA) is 59.6 Å². The van der Waals surface area contributed by atoms with Crippen molar-refractivity contribution in [2.75, 3.05) is 19.0 Å². The van der Waals surface area contributed by atoms with Crippen molar-refractivity contribution >= 4 is 27.5 Å². The SMILES string of the molecule is COc1ccc(C(C)NCC(=O)Nc2ccc(OC(F)F)cc2)cc1Br. The number of ether oxygens (including phenoxy) is 2. The monoisotopic (exact) mass is 428 g/mol. The lowest BCUT2D eigenvalue weighted by Crippen LogP contribution is -2.30. The van der Waals surface area contributed by atoms with Crippen LogP contribution in [-0.4, -0.2) is 26.2 Å². The van der Waals surface area contributed by atoms with Gasteiger partial charge in [0.1, 0.15) is 11.5 Å². The van der Waals surface area contributed by atoms with Crippen LogP contribution in [0.15, 0.2) is 46.9 Å². The Morgan fingerprint density at radius 2 is 1.88 bits per heavy atom. The number of hydrogen-bond acceptors (Lipinski definition) is 4. The predicted molar refractivity (Wildman–Crippen MR) is 98.8 cm³/mol. The lowest BCUT2D eigenvalue weighted by molar-refractivity contribution is -0.115. The minimum absolute atomic E-state index is 0.0369. The first-order chi connectivity index (χ1) is 12.4. The summed E-state index contributed by atoms with van der Waals surface area (Å²) in [4.78, 5) is 12.0. The lowest BCUT2D eigenvalue weighted by Gasteiger charge is -2.15. The number of halogens is 3. The zero-order chi connectivity index (χ0) is 19.1. The summed E-state index contributed by atoms with van der Waals surface area (Å²) < 4.78 is 34.5. The average molecular weight is 429 g/mol. The molecule has 0 spiro atoms. The number of anilines is 1. The smallest absolute Gasteiger partial charge is 0.387 e. The molecule has 0 aliphatic heterocycles. The van der Waals surface area contributed by atoms with Crippen molar-refractivity contribution in [2.45, 2.75) is 19.6 Å². The maximum Gasteiger partial charge on any atom is 0.387 e. The Labute approximate surface area is 158 Å². The van der Waals surface area contributed by atoms with Crippen LogP contribution in [0.4, 0.5) is 14.5 Å². The van der Waals surface area contributed by atoms with Crippen LogP contribution in [0, 0.1) is 0 Å². The van der Waals surface area contributed by atoms with Crippen molar-refractivity contribution in [1.82, 2.24) is 5.32 Å². The molecule has 0 radical (unpaired) electrons. The Hall–Kier alpha value is -2.19. The van der Waals surface area contributed by atoms with Crippen LogP contribution in [0.2, 0.25) is 0 Å². The Balaban J connectivity index is 1.85. The summed E-state index contributed by atoms with van der Waals surface area (Å²) in [7, 11) is 1.60. The first kappa shape index (κ1) is 20.1. The van der Waals surface area contributed by atoms with Crippen LogP contribution < -0.4 is 20.1 Å². The van der Waals surface area contributed by atoms with E-state index in [1.165, 1.54) is 24.3 Å². The van der Waals surface area contributed by atoms with Crippen molar-refractivity contribution in [2.24, 2.45) is 0 Å². The van der Waals surface area contributed by atoms with Gasteiger partial charge in [-0.15, -0.1) is 0 Å². The highest BCUT2D eigenvalue weighted by Crippen LogP contribution is 2.27. The van der Waals surface area contributed by atoms with Gasteiger partial charge in [0, 0.05) is 11.7 Å². The van der Waals surface area contributed by atoms with Crippen LogP contribution in [0.5, 0.6) is 11.5 Å². The van der Waals surface area contributed by atoms with E-state index >= 15 is 0 Å². The van der Waals surface area contributed by atoms with Crippen LogP contribution in [0.3, 0.4) is 0 Å². The fourth-order valence-electron chi connectivity index (χ4n) is 2.24. The molecule has 2 aromatic rings. The molecule has 2 aromatic carbocycles. The van der Waals surface area contributed by atoms with Gasteiger partial charge in [0.15, 0.2) is 0 Å². The summed E-state index contributed by atoms with van der Waals surface area (Å²) in [5, 5.41) is 5.81. The summed E-state index contributed by atoms with van der Waals surface area (Å²) >= 11 is 3.43. The first-order valence-corrected chi connectivity index (χ1v) is 8.60. The number of methoxy groups -OCH3 is 1. The second kappa shape index (κ2) is 9.49. The third-order valence-electron chi connectivity index (χ3n) is 3.61. The number of carbonyl (C=O) groups is 1. The summed E-state index contributed by atoms with van der Waals surface area (Å²) in [5.41, 5.74) is 1.50. The fourth-order valence-corrected chi connectivity index (χ4v) is 2.80. The van der Waals surface area contributed by atoms with Gasteiger partial charge in [0.05, 0.1) is 18.1 Å². The molecule has 0 aliphatic carbocycles. The molecular formula is C18H19BrF2N2O3. The number of amides is 1. The number of alkyl halides is 2. The van der Waals surface area contributed by atoms with E-state index in [2.05, 4.69) is 31.3 Å². The van der Waals surface area contributed by atoms with Gasteiger partial charge in [-0.05, 0) is 64.8 Å². The Morgan fingerprint density at radius 1 is 1.19 bits per heavy atom. The molecule has 0 bridgehead atoms. The third kappa shape index (κ3) is 5.96. The molecule has 0 aromatic heterocycles. The van der Waals surface area contributed by atoms with Gasteiger partial charge in [-0.2, -0.15) is 8.78 Å². The Morgan fingerprint density at radius 3 is 2.46 bits per heavy atom. The minimum Gasteiger partial charge on any atom is -0.496 e. The van der Waals surface area contributed by atoms with E-state index in [1.807, 2.05) is 25.1 Å². The van der Waals surface area contributed by atoms with Crippen LogP contribution in [-0.2, 0) is 4.79 Å². The minimum atomic E-state index is -2.88. The molecule has 2 N–H and O–H groups in total. The Bertz CT molecular complexity index is 742. The molecule has 5 nitrogen and oxygen atoms in total. The number of carbonyl (C=O) groups excluding carboxylic acids is 1. The number of nitrogens with one attached hydrogen (secondary N) is 2. The molecule has 140 valence electrons. The molecule has 0 fully saturated rings. The van der Waals surface area contributed by atoms with Crippen molar-refractivity contribution in [1.29, 1.82) is 0 Å². The highest BCUT2D eigenvalue weighted by atomic mass is 79.9. The zero-order valence-electron chi connectivity index (χ0n) is 14.3. The molecule has 0 aliphatic rings. The van der Waals surface area contributed by atoms with Crippen LogP contribution >= 0.6 is 15.9 Å². The van der Waals surface area contributed by atoms with Crippen molar-refractivity contribution in [3.63, 3.8) is 0 Å². The van der Waals surface area contributed by atoms with E-state index in [0.29, 0.717) is 5.69 Å². The maximum absolute atomic E-state index is 12.1. The fraction of sp³-hybridized carbons (Fsp3) is 0.278. The van der Waals surface area contributed by atoms with Gasteiger partial charge in [-0.25, -0.2) is 0 Å². The molecule has 0 saturated heterocycles. The number of rotatable bonds is 8. The predicted octanol–water partition coefficient (Wildman–Crippen LogP) is 4.35. The van der Waals surface area contributed by atoms with E-state index < -0.39 is 6.61 Å². The molecule has 1 atom stereocenters. The normalized spacial score (nSPS) is 11.9. The molecule has 2 rings (SSSR count). The van der Waals surface area contributed by atoms with Crippen LogP contribution in [0.25, 0.3) is 0 Å². The summed E-state index contributed by atoms with van der Waals surface area (Å²) in [6.07, 6.45) is 0. The average Bonchev–Trinajstić information content (AvgIpc) is 2.61. The second-order valence-corrected chi connectivity index (χ2v) is 6.30. The molecule has 26 heavy (non-hydrogen) atoms. The summed E-state index contributed by atoms with van der Waals surface area (Å²) in [6.45, 7) is -0.836. The molecule has 0 heterocycles. The summed E-state index contributed by atoms with van der Waals surface area (Å²) in [5.74, 6) is 0.528. The van der Waals surface area contributed by atoms with Gasteiger partial charge in [0.2, 0.25) is 5.91 Å². The standard InChI is InChI=1S/C18H19BrF2N2O3/c1-11(12-3-8-16(25-2)15(19)9-12)22-10-17(24)23-13-4-6-14(7-5-13)26-18(20)21/h3-9,11,18,22H,10H2,1-2H3,(H,23,24). The van der Waals surface area contributed by atoms with E-state index in [1.54, 1.807) is 7.11 Å². The lowest BCUT2D eigenvalue weighted by atomic mass is 10.1. The molecule has 1 unspecified atom stereocenters. The van der Waals surface area contributed by atoms with E-state index in [0.717, 1.165) is 15.8 Å². The zero-order valence-corrected chi connectivity index (χ0v) is 15.8. The van der Waals surface area contributed by atoms with Crippen LogP contribution in [0.1, 0.15) is 18.5 Å². The van der Waals surface area contributed by atoms with Gasteiger partial charge in [-0.3, -0.25) is 4.79 Å². The van der Waals surface area contributed by atoms with Crippen molar-refractivity contribution < 1.29 is 23.0 Å². The molecule has 0 saturated carbocycles. The van der Waals surface area contributed by atoms with Gasteiger partial charge >= 0.3 is 6.61 Å². The van der Waals surface area contributed by atoms with Crippen molar-refractivity contribution in [3.8, 4) is 11.5 Å². The molecular weight excluding hydrogens is 410 g/mol. The largest absolute Gasteiger partial charge is 0.496 e. The van der Waals surface area contributed by atoms with E-state index in [4.69, 9.17) is 4.74 Å². The highest BCUT2D eigenvalue weighted by Gasteiger charge is 2.11. The Kier molecular flexibility index (Phi) is 7.35. The molecule has 8 heteroatoms. The maximum atomic E-state index is 12.1. The number of benzene rings is 2. The third-order valence-corrected chi connectivity index (χ3v) is 4.23. The number of hydrogen-bond donors (Lipinski definition) is 2. The van der Waals surface area contributed by atoms with Gasteiger partial charge < -0.3 is 20.1 Å².